The summed E-state index contributed by atoms with van der Waals surface area (Å²) in [4.78, 5) is 11.2. The van der Waals surface area contributed by atoms with Crippen molar-refractivity contribution in [2.45, 2.75) is 51.7 Å². The van der Waals surface area contributed by atoms with Gasteiger partial charge in [0, 0.05) is 50.2 Å². The van der Waals surface area contributed by atoms with Gasteiger partial charge in [0.1, 0.15) is 0 Å². The molecule has 1 aliphatic carbocycles. The van der Waals surface area contributed by atoms with Crippen molar-refractivity contribution < 1.29 is 4.74 Å². The van der Waals surface area contributed by atoms with Crippen LogP contribution < -0.4 is 10.2 Å². The molecule has 1 aromatic heterocycles. The van der Waals surface area contributed by atoms with Crippen LogP contribution in [0.2, 0.25) is 0 Å². The first-order valence-electron chi connectivity index (χ1n) is 7.54. The van der Waals surface area contributed by atoms with Gasteiger partial charge < -0.3 is 15.0 Å². The summed E-state index contributed by atoms with van der Waals surface area (Å²) in [6.45, 7) is 6.76. The Labute approximate surface area is 121 Å². The summed E-state index contributed by atoms with van der Waals surface area (Å²) in [7, 11) is 1.72. The second-order valence-electron chi connectivity index (χ2n) is 5.49. The molecule has 1 unspecified atom stereocenters. The van der Waals surface area contributed by atoms with Gasteiger partial charge in [0.25, 0.3) is 0 Å². The zero-order valence-electron chi connectivity index (χ0n) is 12.8. The molecule has 5 nitrogen and oxygen atoms in total. The summed E-state index contributed by atoms with van der Waals surface area (Å²) < 4.78 is 5.18. The molecule has 20 heavy (non-hydrogen) atoms. The summed E-state index contributed by atoms with van der Waals surface area (Å²) in [5.41, 5.74) is 1.15. The molecule has 1 atom stereocenters. The van der Waals surface area contributed by atoms with Crippen LogP contribution >= 0.6 is 0 Å². The van der Waals surface area contributed by atoms with Crippen molar-refractivity contribution in [2.24, 2.45) is 0 Å². The van der Waals surface area contributed by atoms with Crippen molar-refractivity contribution in [3.8, 4) is 0 Å². The second-order valence-corrected chi connectivity index (χ2v) is 5.49. The Morgan fingerprint density at radius 3 is 2.65 bits per heavy atom. The van der Waals surface area contributed by atoms with E-state index in [-0.39, 0.29) is 0 Å². The summed E-state index contributed by atoms with van der Waals surface area (Å²) in [6, 6.07) is 1.13. The van der Waals surface area contributed by atoms with Gasteiger partial charge in [-0.1, -0.05) is 6.92 Å². The molecule has 5 heteroatoms. The number of methoxy groups -OCH3 is 1. The van der Waals surface area contributed by atoms with Crippen LogP contribution in [0, 0.1) is 0 Å². The van der Waals surface area contributed by atoms with Gasteiger partial charge in [-0.25, -0.2) is 9.97 Å². The van der Waals surface area contributed by atoms with Gasteiger partial charge in [0.15, 0.2) is 0 Å². The first-order valence-corrected chi connectivity index (χ1v) is 7.54. The van der Waals surface area contributed by atoms with Gasteiger partial charge in [-0.05, 0) is 26.2 Å². The van der Waals surface area contributed by atoms with E-state index in [1.54, 1.807) is 7.11 Å². The summed E-state index contributed by atoms with van der Waals surface area (Å²) in [5.74, 6) is 0.798. The largest absolute Gasteiger partial charge is 0.383 e. The van der Waals surface area contributed by atoms with Gasteiger partial charge in [0.05, 0.1) is 6.61 Å². The number of aromatic nitrogens is 2. The third kappa shape index (κ3) is 4.42. The molecular formula is C15H26N4O. The predicted octanol–water partition coefficient (Wildman–Crippen LogP) is 1.98. The quantitative estimate of drug-likeness (QED) is 0.748. The maximum atomic E-state index is 5.18. The number of ether oxygens (including phenoxy) is 1. The van der Waals surface area contributed by atoms with E-state index in [0.29, 0.717) is 18.7 Å². The van der Waals surface area contributed by atoms with Crippen LogP contribution in [0.3, 0.4) is 0 Å². The van der Waals surface area contributed by atoms with Crippen LogP contribution in [0.5, 0.6) is 0 Å². The summed E-state index contributed by atoms with van der Waals surface area (Å²) in [5, 5.41) is 3.48. The van der Waals surface area contributed by atoms with Gasteiger partial charge in [-0.15, -0.1) is 0 Å². The molecule has 0 amide bonds. The Hall–Kier alpha value is -1.20. The Morgan fingerprint density at radius 2 is 2.10 bits per heavy atom. The molecule has 0 spiro atoms. The number of hydrogen-bond acceptors (Lipinski definition) is 5. The normalized spacial score (nSPS) is 16.1. The van der Waals surface area contributed by atoms with Crippen LogP contribution in [0.4, 0.5) is 5.95 Å². The fourth-order valence-corrected chi connectivity index (χ4v) is 2.06. The fourth-order valence-electron chi connectivity index (χ4n) is 2.06. The lowest BCUT2D eigenvalue weighted by molar-refractivity contribution is 0.203. The van der Waals surface area contributed by atoms with E-state index in [1.807, 2.05) is 12.4 Å². The molecule has 0 saturated heterocycles. The lowest BCUT2D eigenvalue weighted by Crippen LogP contribution is -2.36. The topological polar surface area (TPSA) is 50.3 Å². The van der Waals surface area contributed by atoms with Crippen LogP contribution in [0.1, 0.15) is 38.7 Å². The molecule has 2 rings (SSSR count). The monoisotopic (exact) mass is 278 g/mol. The zero-order valence-corrected chi connectivity index (χ0v) is 12.8. The molecule has 0 bridgehead atoms. The lowest BCUT2D eigenvalue weighted by Gasteiger charge is -2.28. The van der Waals surface area contributed by atoms with E-state index in [4.69, 9.17) is 4.74 Å². The number of nitrogens with one attached hydrogen (secondary N) is 1. The minimum Gasteiger partial charge on any atom is -0.383 e. The number of hydrogen-bond donors (Lipinski definition) is 1. The van der Waals surface area contributed by atoms with Gasteiger partial charge >= 0.3 is 0 Å². The second kappa shape index (κ2) is 7.55. The van der Waals surface area contributed by atoms with Gasteiger partial charge in [-0.3, -0.25) is 0 Å². The SMILES string of the molecule is CCC(C)N(CCOC)c1ncc(CNC2CC2)cn1. The van der Waals surface area contributed by atoms with Crippen molar-refractivity contribution >= 4 is 5.95 Å². The van der Waals surface area contributed by atoms with Crippen molar-refractivity contribution in [2.75, 3.05) is 25.2 Å². The van der Waals surface area contributed by atoms with E-state index in [2.05, 4.69) is 34.0 Å². The van der Waals surface area contributed by atoms with Crippen LogP contribution in [-0.4, -0.2) is 42.3 Å². The molecule has 0 aromatic carbocycles. The Kier molecular flexibility index (Phi) is 5.73. The van der Waals surface area contributed by atoms with Crippen molar-refractivity contribution in [3.63, 3.8) is 0 Å². The molecule has 0 aliphatic heterocycles. The molecule has 112 valence electrons. The molecule has 1 fully saturated rings. The predicted molar refractivity (Wildman–Crippen MR) is 80.9 cm³/mol. The first kappa shape index (κ1) is 15.2. The molecule has 1 aromatic rings. The fraction of sp³-hybridized carbons (Fsp3) is 0.733. The summed E-state index contributed by atoms with van der Waals surface area (Å²) >= 11 is 0. The van der Waals surface area contributed by atoms with Gasteiger partial charge in [-0.2, -0.15) is 0 Å². The first-order chi connectivity index (χ1) is 9.74. The number of nitrogens with zero attached hydrogens (tertiary/aromatic N) is 3. The van der Waals surface area contributed by atoms with E-state index >= 15 is 0 Å². The standard InChI is InChI=1S/C15H26N4O/c1-4-12(2)19(7-8-20-3)15-17-10-13(11-18-15)9-16-14-5-6-14/h10-12,14,16H,4-9H2,1-3H3. The smallest absolute Gasteiger partial charge is 0.225 e. The molecule has 0 radical (unpaired) electrons. The molecule has 1 aliphatic rings. The van der Waals surface area contributed by atoms with E-state index in [0.717, 1.165) is 31.0 Å². The van der Waals surface area contributed by atoms with Crippen LogP contribution in [0.25, 0.3) is 0 Å². The van der Waals surface area contributed by atoms with E-state index in [1.165, 1.54) is 12.8 Å². The van der Waals surface area contributed by atoms with Crippen molar-refractivity contribution in [1.29, 1.82) is 0 Å². The highest BCUT2D eigenvalue weighted by Crippen LogP contribution is 2.19. The third-order valence-electron chi connectivity index (χ3n) is 3.78. The Balaban J connectivity index is 1.96. The number of rotatable bonds is 9. The Bertz CT molecular complexity index is 391. The average Bonchev–Trinajstić information content (AvgIpc) is 3.30. The van der Waals surface area contributed by atoms with E-state index in [9.17, 15) is 0 Å². The average molecular weight is 278 g/mol. The van der Waals surface area contributed by atoms with Gasteiger partial charge in [0.2, 0.25) is 5.95 Å². The zero-order chi connectivity index (χ0) is 14.4. The van der Waals surface area contributed by atoms with Crippen molar-refractivity contribution in [1.82, 2.24) is 15.3 Å². The van der Waals surface area contributed by atoms with Crippen molar-refractivity contribution in [3.05, 3.63) is 18.0 Å². The maximum absolute atomic E-state index is 5.18. The highest BCUT2D eigenvalue weighted by atomic mass is 16.5. The molecular weight excluding hydrogens is 252 g/mol. The van der Waals surface area contributed by atoms with Crippen LogP contribution in [-0.2, 0) is 11.3 Å². The van der Waals surface area contributed by atoms with Crippen LogP contribution in [0.15, 0.2) is 12.4 Å². The third-order valence-corrected chi connectivity index (χ3v) is 3.78. The summed E-state index contributed by atoms with van der Waals surface area (Å²) in [6.07, 6.45) is 7.54. The lowest BCUT2D eigenvalue weighted by atomic mass is 10.2. The molecule has 1 N–H and O–H groups in total. The Morgan fingerprint density at radius 1 is 1.40 bits per heavy atom. The number of anilines is 1. The minimum atomic E-state index is 0.417. The van der Waals surface area contributed by atoms with E-state index < -0.39 is 0 Å². The molecule has 1 heterocycles. The maximum Gasteiger partial charge on any atom is 0.225 e. The highest BCUT2D eigenvalue weighted by Gasteiger charge is 2.20. The minimum absolute atomic E-state index is 0.417. The molecule has 1 saturated carbocycles. The highest BCUT2D eigenvalue weighted by molar-refractivity contribution is 5.31.